The Morgan fingerprint density at radius 3 is 2.95 bits per heavy atom. The zero-order chi connectivity index (χ0) is 14.1. The molecule has 0 fully saturated rings. The Morgan fingerprint density at radius 2 is 2.15 bits per heavy atom. The van der Waals surface area contributed by atoms with Gasteiger partial charge in [-0.15, -0.1) is 0 Å². The lowest BCUT2D eigenvalue weighted by atomic mass is 10.1. The molecule has 0 aliphatic carbocycles. The lowest BCUT2D eigenvalue weighted by Gasteiger charge is -2.12. The van der Waals surface area contributed by atoms with Crippen LogP contribution in [-0.4, -0.2) is 6.61 Å². The molecule has 0 amide bonds. The fourth-order valence-electron chi connectivity index (χ4n) is 2.33. The summed E-state index contributed by atoms with van der Waals surface area (Å²) in [6.45, 7) is 3.22. The van der Waals surface area contributed by atoms with Crippen LogP contribution in [0.2, 0.25) is 5.02 Å². The highest BCUT2D eigenvalue weighted by Gasteiger charge is 2.18. The first-order valence-corrected chi connectivity index (χ1v) is 7.63. The highest BCUT2D eigenvalue weighted by molar-refractivity contribution is 9.10. The summed E-state index contributed by atoms with van der Waals surface area (Å²) in [5.74, 6) is 1.75. The van der Waals surface area contributed by atoms with Gasteiger partial charge in [-0.25, -0.2) is 0 Å². The molecule has 0 bridgehead atoms. The van der Waals surface area contributed by atoms with E-state index in [4.69, 9.17) is 21.1 Å². The van der Waals surface area contributed by atoms with E-state index in [1.54, 1.807) is 0 Å². The van der Waals surface area contributed by atoms with Crippen LogP contribution in [0.15, 0.2) is 34.8 Å². The van der Waals surface area contributed by atoms with Gasteiger partial charge >= 0.3 is 0 Å². The highest BCUT2D eigenvalue weighted by atomic mass is 79.9. The van der Waals surface area contributed by atoms with Crippen molar-refractivity contribution in [1.29, 1.82) is 0 Å². The van der Waals surface area contributed by atoms with Crippen LogP contribution in [0, 0.1) is 6.92 Å². The van der Waals surface area contributed by atoms with Crippen LogP contribution in [0.25, 0.3) is 0 Å². The minimum Gasteiger partial charge on any atom is -0.493 e. The summed E-state index contributed by atoms with van der Waals surface area (Å²) in [6, 6.07) is 9.90. The lowest BCUT2D eigenvalue weighted by molar-refractivity contribution is 0.290. The Morgan fingerprint density at radius 1 is 1.30 bits per heavy atom. The van der Waals surface area contributed by atoms with E-state index in [2.05, 4.69) is 15.9 Å². The van der Waals surface area contributed by atoms with Gasteiger partial charge in [-0.3, -0.25) is 0 Å². The molecule has 2 aromatic rings. The molecule has 1 aliphatic rings. The molecule has 2 nitrogen and oxygen atoms in total. The van der Waals surface area contributed by atoms with E-state index in [9.17, 15) is 0 Å². The maximum absolute atomic E-state index is 6.14. The van der Waals surface area contributed by atoms with Gasteiger partial charge in [0, 0.05) is 17.0 Å². The van der Waals surface area contributed by atoms with Crippen molar-refractivity contribution >= 4 is 27.5 Å². The molecule has 0 N–H and O–H groups in total. The summed E-state index contributed by atoms with van der Waals surface area (Å²) in [6.07, 6.45) is 0.914. The molecule has 20 heavy (non-hydrogen) atoms. The van der Waals surface area contributed by atoms with Gasteiger partial charge in [0.25, 0.3) is 0 Å². The second-order valence-electron chi connectivity index (χ2n) is 4.87. The van der Waals surface area contributed by atoms with Crippen LogP contribution < -0.4 is 9.47 Å². The standard InChI is InChI=1S/C16H14BrClO2/c1-10-2-3-15(14(17)6-10)20-9-12-8-13(18)7-11-4-5-19-16(11)12/h2-3,6-8H,4-5,9H2,1H3. The van der Waals surface area contributed by atoms with Crippen LogP contribution in [-0.2, 0) is 13.0 Å². The largest absolute Gasteiger partial charge is 0.493 e. The molecule has 0 saturated heterocycles. The quantitative estimate of drug-likeness (QED) is 0.779. The SMILES string of the molecule is Cc1ccc(OCc2cc(Cl)cc3c2OCC3)c(Br)c1. The molecular formula is C16H14BrClO2. The van der Waals surface area contributed by atoms with Gasteiger partial charge in [0.15, 0.2) is 0 Å². The highest BCUT2D eigenvalue weighted by Crippen LogP contribution is 2.34. The number of halogens is 2. The molecule has 3 rings (SSSR count). The van der Waals surface area contributed by atoms with Crippen molar-refractivity contribution in [2.75, 3.05) is 6.61 Å². The average molecular weight is 354 g/mol. The normalized spacial score (nSPS) is 12.9. The molecule has 4 heteroatoms. The molecule has 1 heterocycles. The van der Waals surface area contributed by atoms with Gasteiger partial charge in [-0.1, -0.05) is 17.7 Å². The Balaban J connectivity index is 1.82. The van der Waals surface area contributed by atoms with Crippen molar-refractivity contribution in [2.24, 2.45) is 0 Å². The number of aryl methyl sites for hydroxylation is 1. The molecule has 0 atom stereocenters. The lowest BCUT2D eigenvalue weighted by Crippen LogP contribution is -1.99. The van der Waals surface area contributed by atoms with Crippen molar-refractivity contribution in [3.05, 3.63) is 56.5 Å². The number of rotatable bonds is 3. The summed E-state index contributed by atoms with van der Waals surface area (Å²) >= 11 is 9.66. The third-order valence-corrected chi connectivity index (χ3v) is 4.13. The van der Waals surface area contributed by atoms with Crippen LogP contribution in [0.5, 0.6) is 11.5 Å². The van der Waals surface area contributed by atoms with Gasteiger partial charge in [0.2, 0.25) is 0 Å². The molecule has 104 valence electrons. The predicted molar refractivity (Wildman–Crippen MR) is 83.9 cm³/mol. The number of ether oxygens (including phenoxy) is 2. The first kappa shape index (κ1) is 13.8. The Hall–Kier alpha value is -1.19. The first-order chi connectivity index (χ1) is 9.63. The summed E-state index contributed by atoms with van der Waals surface area (Å²) in [7, 11) is 0. The topological polar surface area (TPSA) is 18.5 Å². The van der Waals surface area contributed by atoms with Crippen LogP contribution in [0.4, 0.5) is 0 Å². The van der Waals surface area contributed by atoms with E-state index >= 15 is 0 Å². The number of benzene rings is 2. The van der Waals surface area contributed by atoms with Gasteiger partial charge < -0.3 is 9.47 Å². The molecule has 0 unspecified atom stereocenters. The number of hydrogen-bond donors (Lipinski definition) is 0. The minimum atomic E-state index is 0.449. The van der Waals surface area contributed by atoms with Crippen molar-refractivity contribution in [3.63, 3.8) is 0 Å². The summed E-state index contributed by atoms with van der Waals surface area (Å²) in [5, 5.41) is 0.732. The smallest absolute Gasteiger partial charge is 0.134 e. The molecule has 1 aliphatic heterocycles. The van der Waals surface area contributed by atoms with Gasteiger partial charge in [0.1, 0.15) is 18.1 Å². The van der Waals surface area contributed by atoms with Gasteiger partial charge in [-0.05, 0) is 58.2 Å². The maximum atomic E-state index is 6.14. The van der Waals surface area contributed by atoms with E-state index in [0.29, 0.717) is 6.61 Å². The summed E-state index contributed by atoms with van der Waals surface area (Å²) in [4.78, 5) is 0. The number of fused-ring (bicyclic) bond motifs is 1. The van der Waals surface area contributed by atoms with Crippen molar-refractivity contribution < 1.29 is 9.47 Å². The Kier molecular flexibility index (Phi) is 3.90. The van der Waals surface area contributed by atoms with E-state index in [1.165, 1.54) is 11.1 Å². The molecular weight excluding hydrogens is 340 g/mol. The summed E-state index contributed by atoms with van der Waals surface area (Å²) in [5.41, 5.74) is 3.35. The second-order valence-corrected chi connectivity index (χ2v) is 6.16. The van der Waals surface area contributed by atoms with E-state index < -0.39 is 0 Å². The van der Waals surface area contributed by atoms with Crippen LogP contribution in [0.3, 0.4) is 0 Å². The van der Waals surface area contributed by atoms with Crippen LogP contribution in [0.1, 0.15) is 16.7 Å². The molecule has 2 aromatic carbocycles. The van der Waals surface area contributed by atoms with Crippen LogP contribution >= 0.6 is 27.5 Å². The number of hydrogen-bond acceptors (Lipinski definition) is 2. The van der Waals surface area contributed by atoms with E-state index in [1.807, 2.05) is 37.3 Å². The molecule has 0 saturated carbocycles. The Bertz CT molecular complexity index is 655. The summed E-state index contributed by atoms with van der Waals surface area (Å²) < 4.78 is 12.5. The minimum absolute atomic E-state index is 0.449. The van der Waals surface area contributed by atoms with Crippen molar-refractivity contribution in [3.8, 4) is 11.5 Å². The second kappa shape index (κ2) is 5.66. The first-order valence-electron chi connectivity index (χ1n) is 6.46. The zero-order valence-corrected chi connectivity index (χ0v) is 13.4. The van der Waals surface area contributed by atoms with Crippen molar-refractivity contribution in [1.82, 2.24) is 0 Å². The fraction of sp³-hybridized carbons (Fsp3) is 0.250. The van der Waals surface area contributed by atoms with Gasteiger partial charge in [-0.2, -0.15) is 0 Å². The maximum Gasteiger partial charge on any atom is 0.134 e. The zero-order valence-electron chi connectivity index (χ0n) is 11.1. The van der Waals surface area contributed by atoms with E-state index in [0.717, 1.165) is 39.6 Å². The molecule has 0 spiro atoms. The third-order valence-electron chi connectivity index (χ3n) is 3.30. The molecule has 0 radical (unpaired) electrons. The predicted octanol–water partition coefficient (Wildman–Crippen LogP) is 4.92. The van der Waals surface area contributed by atoms with Gasteiger partial charge in [0.05, 0.1) is 11.1 Å². The molecule has 0 aromatic heterocycles. The monoisotopic (exact) mass is 352 g/mol. The van der Waals surface area contributed by atoms with E-state index in [-0.39, 0.29) is 0 Å². The fourth-order valence-corrected chi connectivity index (χ4v) is 3.20. The third kappa shape index (κ3) is 2.79. The van der Waals surface area contributed by atoms with Crippen molar-refractivity contribution in [2.45, 2.75) is 20.0 Å². The average Bonchev–Trinajstić information content (AvgIpc) is 2.85. The Labute approximate surface area is 131 Å².